The van der Waals surface area contributed by atoms with Gasteiger partial charge in [0.05, 0.1) is 11.0 Å². The van der Waals surface area contributed by atoms with Crippen molar-refractivity contribution in [1.82, 2.24) is 14.5 Å². The molecule has 4 nitrogen and oxygen atoms in total. The van der Waals surface area contributed by atoms with E-state index in [1.807, 2.05) is 17.0 Å². The van der Waals surface area contributed by atoms with E-state index in [9.17, 15) is 0 Å². The standard InChI is InChI=1S/C12H12N4S/c1-7-3-4-10-8(5-7)14-11(16(10)2)9-6-17-12(13)15-9/h3-6H,1-2H3,(H2,13,15). The summed E-state index contributed by atoms with van der Waals surface area (Å²) in [7, 11) is 2.00. The highest BCUT2D eigenvalue weighted by molar-refractivity contribution is 7.13. The van der Waals surface area contributed by atoms with Gasteiger partial charge < -0.3 is 10.3 Å². The summed E-state index contributed by atoms with van der Waals surface area (Å²) in [5, 5.41) is 2.51. The van der Waals surface area contributed by atoms with Crippen LogP contribution in [0.15, 0.2) is 23.6 Å². The number of rotatable bonds is 1. The Morgan fingerprint density at radius 1 is 1.29 bits per heavy atom. The van der Waals surface area contributed by atoms with Crippen molar-refractivity contribution in [3.63, 3.8) is 0 Å². The number of anilines is 1. The molecular formula is C12H12N4S. The first-order chi connectivity index (χ1) is 8.15. The lowest BCUT2D eigenvalue weighted by molar-refractivity contribution is 0.953. The molecule has 0 amide bonds. The molecule has 86 valence electrons. The van der Waals surface area contributed by atoms with Crippen molar-refractivity contribution >= 4 is 27.5 Å². The number of fused-ring (bicyclic) bond motifs is 1. The fraction of sp³-hybridized carbons (Fsp3) is 0.167. The zero-order chi connectivity index (χ0) is 12.0. The molecule has 0 aliphatic heterocycles. The third-order valence-electron chi connectivity index (χ3n) is 2.79. The first-order valence-electron chi connectivity index (χ1n) is 5.29. The molecule has 0 fully saturated rings. The molecule has 0 atom stereocenters. The molecule has 2 N–H and O–H groups in total. The number of hydrogen-bond acceptors (Lipinski definition) is 4. The van der Waals surface area contributed by atoms with Crippen LogP contribution >= 0.6 is 11.3 Å². The van der Waals surface area contributed by atoms with Crippen molar-refractivity contribution in [2.45, 2.75) is 6.92 Å². The van der Waals surface area contributed by atoms with Gasteiger partial charge in [0.15, 0.2) is 11.0 Å². The molecule has 0 saturated heterocycles. The van der Waals surface area contributed by atoms with Gasteiger partial charge in [0.2, 0.25) is 0 Å². The van der Waals surface area contributed by atoms with Gasteiger partial charge in [-0.1, -0.05) is 6.07 Å². The lowest BCUT2D eigenvalue weighted by atomic mass is 10.2. The number of imidazole rings is 1. The van der Waals surface area contributed by atoms with Crippen LogP contribution in [0.5, 0.6) is 0 Å². The fourth-order valence-electron chi connectivity index (χ4n) is 1.93. The van der Waals surface area contributed by atoms with Gasteiger partial charge in [-0.25, -0.2) is 9.97 Å². The first-order valence-corrected chi connectivity index (χ1v) is 6.17. The van der Waals surface area contributed by atoms with Gasteiger partial charge in [-0.05, 0) is 24.6 Å². The third kappa shape index (κ3) is 1.59. The van der Waals surface area contributed by atoms with Gasteiger partial charge in [0.1, 0.15) is 5.69 Å². The first kappa shape index (κ1) is 10.3. The predicted octanol–water partition coefficient (Wildman–Crippen LogP) is 2.59. The Labute approximate surface area is 103 Å². The van der Waals surface area contributed by atoms with Crippen LogP contribution in [-0.2, 0) is 7.05 Å². The topological polar surface area (TPSA) is 56.7 Å². The van der Waals surface area contributed by atoms with Crippen LogP contribution in [0.4, 0.5) is 5.13 Å². The number of aromatic nitrogens is 3. The fourth-order valence-corrected chi connectivity index (χ4v) is 2.47. The lowest BCUT2D eigenvalue weighted by Gasteiger charge is -1.98. The minimum absolute atomic E-state index is 0.572. The molecule has 0 saturated carbocycles. The van der Waals surface area contributed by atoms with Crippen LogP contribution in [0.25, 0.3) is 22.6 Å². The summed E-state index contributed by atoms with van der Waals surface area (Å²) in [6.07, 6.45) is 0. The van der Waals surface area contributed by atoms with E-state index in [0.717, 1.165) is 22.6 Å². The van der Waals surface area contributed by atoms with Crippen LogP contribution < -0.4 is 5.73 Å². The molecule has 1 aromatic carbocycles. The smallest absolute Gasteiger partial charge is 0.180 e. The molecule has 2 aromatic heterocycles. The van der Waals surface area contributed by atoms with Gasteiger partial charge in [-0.3, -0.25) is 0 Å². The van der Waals surface area contributed by atoms with Crippen LogP contribution in [0.1, 0.15) is 5.56 Å². The quantitative estimate of drug-likeness (QED) is 0.715. The second-order valence-corrected chi connectivity index (χ2v) is 4.95. The van der Waals surface area contributed by atoms with Gasteiger partial charge >= 0.3 is 0 Å². The Kier molecular flexibility index (Phi) is 2.16. The number of nitrogen functional groups attached to an aromatic ring is 1. The summed E-state index contributed by atoms with van der Waals surface area (Å²) in [6.45, 7) is 2.06. The summed E-state index contributed by atoms with van der Waals surface area (Å²) in [5.41, 5.74) is 9.80. The molecule has 5 heteroatoms. The largest absolute Gasteiger partial charge is 0.375 e. The van der Waals surface area contributed by atoms with E-state index in [1.54, 1.807) is 0 Å². The van der Waals surface area contributed by atoms with Crippen molar-refractivity contribution in [1.29, 1.82) is 0 Å². The molecule has 17 heavy (non-hydrogen) atoms. The Morgan fingerprint density at radius 3 is 2.82 bits per heavy atom. The Bertz CT molecular complexity index is 696. The number of aryl methyl sites for hydroxylation is 2. The minimum atomic E-state index is 0.572. The predicted molar refractivity (Wildman–Crippen MR) is 71.0 cm³/mol. The van der Waals surface area contributed by atoms with E-state index in [1.165, 1.54) is 16.9 Å². The van der Waals surface area contributed by atoms with Crippen LogP contribution in [0.2, 0.25) is 0 Å². The van der Waals surface area contributed by atoms with Crippen molar-refractivity contribution < 1.29 is 0 Å². The average Bonchev–Trinajstić information content (AvgIpc) is 2.83. The zero-order valence-corrected chi connectivity index (χ0v) is 10.5. The van der Waals surface area contributed by atoms with Gasteiger partial charge in [-0.2, -0.15) is 0 Å². The molecule has 0 aliphatic rings. The zero-order valence-electron chi connectivity index (χ0n) is 9.64. The molecule has 0 aliphatic carbocycles. The second kappa shape index (κ2) is 3.56. The molecule has 3 rings (SSSR count). The minimum Gasteiger partial charge on any atom is -0.375 e. The lowest BCUT2D eigenvalue weighted by Crippen LogP contribution is -1.93. The summed E-state index contributed by atoms with van der Waals surface area (Å²) in [5.74, 6) is 0.860. The van der Waals surface area contributed by atoms with E-state index >= 15 is 0 Å². The van der Waals surface area contributed by atoms with Crippen molar-refractivity contribution in [2.75, 3.05) is 5.73 Å². The number of benzene rings is 1. The average molecular weight is 244 g/mol. The highest BCUT2D eigenvalue weighted by Gasteiger charge is 2.12. The van der Waals surface area contributed by atoms with Crippen LogP contribution in [0, 0.1) is 6.92 Å². The Balaban J connectivity index is 2.27. The number of thiazole rings is 1. The molecule has 2 heterocycles. The van der Waals surface area contributed by atoms with E-state index in [4.69, 9.17) is 5.73 Å². The SMILES string of the molecule is Cc1ccc2c(c1)nc(-c1csc(N)n1)n2C. The maximum Gasteiger partial charge on any atom is 0.180 e. The molecule has 0 radical (unpaired) electrons. The second-order valence-electron chi connectivity index (χ2n) is 4.06. The molecule has 0 unspecified atom stereocenters. The summed E-state index contributed by atoms with van der Waals surface area (Å²) in [4.78, 5) is 8.88. The van der Waals surface area contributed by atoms with Crippen molar-refractivity contribution in [3.8, 4) is 11.5 Å². The summed E-state index contributed by atoms with van der Waals surface area (Å²) >= 11 is 1.43. The van der Waals surface area contributed by atoms with Gasteiger partial charge in [0.25, 0.3) is 0 Å². The van der Waals surface area contributed by atoms with Crippen molar-refractivity contribution in [3.05, 3.63) is 29.1 Å². The Morgan fingerprint density at radius 2 is 2.12 bits per heavy atom. The normalized spacial score (nSPS) is 11.2. The molecule has 0 spiro atoms. The summed E-state index contributed by atoms with van der Waals surface area (Å²) in [6, 6.07) is 6.24. The monoisotopic (exact) mass is 244 g/mol. The van der Waals surface area contributed by atoms with Gasteiger partial charge in [-0.15, -0.1) is 11.3 Å². The maximum atomic E-state index is 5.65. The van der Waals surface area contributed by atoms with E-state index in [-0.39, 0.29) is 0 Å². The molecule has 0 bridgehead atoms. The van der Waals surface area contributed by atoms with E-state index in [2.05, 4.69) is 35.1 Å². The maximum absolute atomic E-state index is 5.65. The van der Waals surface area contributed by atoms with Crippen molar-refractivity contribution in [2.24, 2.45) is 7.05 Å². The third-order valence-corrected chi connectivity index (χ3v) is 3.46. The number of nitrogens with zero attached hydrogens (tertiary/aromatic N) is 3. The number of nitrogens with two attached hydrogens (primary N) is 1. The molecule has 3 aromatic rings. The Hall–Kier alpha value is -1.88. The molecular weight excluding hydrogens is 232 g/mol. The highest BCUT2D eigenvalue weighted by Crippen LogP contribution is 2.26. The van der Waals surface area contributed by atoms with E-state index < -0.39 is 0 Å². The van der Waals surface area contributed by atoms with Crippen LogP contribution in [-0.4, -0.2) is 14.5 Å². The van der Waals surface area contributed by atoms with E-state index in [0.29, 0.717) is 5.13 Å². The summed E-state index contributed by atoms with van der Waals surface area (Å²) < 4.78 is 2.04. The van der Waals surface area contributed by atoms with Crippen LogP contribution in [0.3, 0.4) is 0 Å². The number of hydrogen-bond donors (Lipinski definition) is 1. The van der Waals surface area contributed by atoms with Gasteiger partial charge in [0, 0.05) is 12.4 Å². The highest BCUT2D eigenvalue weighted by atomic mass is 32.1.